The molecule has 0 atom stereocenters. The molecule has 0 radical (unpaired) electrons. The van der Waals surface area contributed by atoms with E-state index in [1.807, 2.05) is 13.8 Å². The standard InChI is InChI=1S/C8H10S4/c1-3-5(9)4(2)7(11)8(12)6(3)10/h9-12H,1-2H3. The summed E-state index contributed by atoms with van der Waals surface area (Å²) in [6, 6.07) is 0. The van der Waals surface area contributed by atoms with Crippen molar-refractivity contribution in [3.63, 3.8) is 0 Å². The number of benzene rings is 1. The number of hydrogen-bond acceptors (Lipinski definition) is 4. The van der Waals surface area contributed by atoms with E-state index in [2.05, 4.69) is 50.5 Å². The molecule has 0 aliphatic rings. The minimum absolute atomic E-state index is 0.828. The van der Waals surface area contributed by atoms with Crippen LogP contribution in [0.4, 0.5) is 0 Å². The van der Waals surface area contributed by atoms with Crippen molar-refractivity contribution < 1.29 is 0 Å². The van der Waals surface area contributed by atoms with Crippen molar-refractivity contribution in [1.29, 1.82) is 0 Å². The minimum Gasteiger partial charge on any atom is -0.143 e. The summed E-state index contributed by atoms with van der Waals surface area (Å²) in [6.07, 6.45) is 0. The van der Waals surface area contributed by atoms with Crippen LogP contribution in [-0.2, 0) is 0 Å². The van der Waals surface area contributed by atoms with E-state index in [4.69, 9.17) is 0 Å². The topological polar surface area (TPSA) is 0 Å². The maximum Gasteiger partial charge on any atom is 0.0314 e. The van der Waals surface area contributed by atoms with Gasteiger partial charge < -0.3 is 0 Å². The van der Waals surface area contributed by atoms with Gasteiger partial charge >= 0.3 is 0 Å². The fraction of sp³-hybridized carbons (Fsp3) is 0.250. The average molecular weight is 234 g/mol. The zero-order valence-electron chi connectivity index (χ0n) is 6.79. The lowest BCUT2D eigenvalue weighted by atomic mass is 10.1. The Bertz CT molecular complexity index is 225. The van der Waals surface area contributed by atoms with Gasteiger partial charge in [-0.1, -0.05) is 0 Å². The lowest BCUT2D eigenvalue weighted by molar-refractivity contribution is 0.983. The van der Waals surface area contributed by atoms with Gasteiger partial charge in [0.05, 0.1) is 0 Å². The Kier molecular flexibility index (Phi) is 3.37. The van der Waals surface area contributed by atoms with Crippen molar-refractivity contribution in [3.8, 4) is 0 Å². The first-order valence-electron chi connectivity index (χ1n) is 3.39. The molecular formula is C8H10S4. The molecule has 0 aromatic heterocycles. The van der Waals surface area contributed by atoms with E-state index in [9.17, 15) is 0 Å². The van der Waals surface area contributed by atoms with Crippen LogP contribution in [0.5, 0.6) is 0 Å². The monoisotopic (exact) mass is 234 g/mol. The van der Waals surface area contributed by atoms with Crippen LogP contribution >= 0.6 is 50.5 Å². The first-order valence-corrected chi connectivity index (χ1v) is 5.18. The van der Waals surface area contributed by atoms with Gasteiger partial charge in [0.15, 0.2) is 0 Å². The smallest absolute Gasteiger partial charge is 0.0314 e. The van der Waals surface area contributed by atoms with Gasteiger partial charge in [0.25, 0.3) is 0 Å². The Labute approximate surface area is 94.8 Å². The molecular weight excluding hydrogens is 224 g/mol. The largest absolute Gasteiger partial charge is 0.143 e. The third-order valence-corrected chi connectivity index (χ3v) is 4.46. The molecule has 0 spiro atoms. The van der Waals surface area contributed by atoms with Crippen molar-refractivity contribution in [2.24, 2.45) is 0 Å². The molecule has 0 aliphatic heterocycles. The van der Waals surface area contributed by atoms with Crippen LogP contribution < -0.4 is 0 Å². The van der Waals surface area contributed by atoms with Crippen molar-refractivity contribution in [3.05, 3.63) is 11.1 Å². The van der Waals surface area contributed by atoms with Crippen LogP contribution in [0.15, 0.2) is 19.6 Å². The maximum atomic E-state index is 4.37. The van der Waals surface area contributed by atoms with Gasteiger partial charge in [0, 0.05) is 19.6 Å². The average Bonchev–Trinajstić information content (AvgIpc) is 2.08. The SMILES string of the molecule is Cc1c(S)c(C)c(S)c(S)c1S. The van der Waals surface area contributed by atoms with E-state index in [0.29, 0.717) is 0 Å². The summed E-state index contributed by atoms with van der Waals surface area (Å²) >= 11 is 17.3. The Morgan fingerprint density at radius 1 is 0.583 bits per heavy atom. The van der Waals surface area contributed by atoms with E-state index in [-0.39, 0.29) is 0 Å². The molecule has 0 nitrogen and oxygen atoms in total. The molecule has 1 rings (SSSR count). The molecule has 1 aromatic carbocycles. The van der Waals surface area contributed by atoms with E-state index in [0.717, 1.165) is 30.7 Å². The zero-order chi connectivity index (χ0) is 9.46. The molecule has 4 heteroatoms. The zero-order valence-corrected chi connectivity index (χ0v) is 10.4. The van der Waals surface area contributed by atoms with Crippen molar-refractivity contribution >= 4 is 50.5 Å². The molecule has 0 saturated heterocycles. The van der Waals surface area contributed by atoms with Gasteiger partial charge in [-0.25, -0.2) is 0 Å². The van der Waals surface area contributed by atoms with Crippen LogP contribution in [0.25, 0.3) is 0 Å². The molecule has 0 aliphatic carbocycles. The summed E-state index contributed by atoms with van der Waals surface area (Å²) in [6.45, 7) is 3.95. The Morgan fingerprint density at radius 3 is 1.25 bits per heavy atom. The third kappa shape index (κ3) is 1.62. The van der Waals surface area contributed by atoms with Crippen LogP contribution in [-0.4, -0.2) is 0 Å². The second kappa shape index (κ2) is 3.78. The summed E-state index contributed by atoms with van der Waals surface area (Å²) in [5, 5.41) is 0. The Hall–Kier alpha value is 0.620. The lowest BCUT2D eigenvalue weighted by Gasteiger charge is -2.12. The molecule has 0 unspecified atom stereocenters. The second-order valence-corrected chi connectivity index (χ2v) is 4.43. The van der Waals surface area contributed by atoms with Gasteiger partial charge in [-0.15, -0.1) is 50.5 Å². The predicted octanol–water partition coefficient (Wildman–Crippen LogP) is 3.46. The highest BCUT2D eigenvalue weighted by molar-refractivity contribution is 7.85. The highest BCUT2D eigenvalue weighted by atomic mass is 32.1. The van der Waals surface area contributed by atoms with E-state index in [1.165, 1.54) is 0 Å². The van der Waals surface area contributed by atoms with E-state index in [1.54, 1.807) is 0 Å². The summed E-state index contributed by atoms with van der Waals surface area (Å²) in [7, 11) is 0. The van der Waals surface area contributed by atoms with Gasteiger partial charge in [-0.3, -0.25) is 0 Å². The summed E-state index contributed by atoms with van der Waals surface area (Å²) in [4.78, 5) is 3.50. The van der Waals surface area contributed by atoms with Crippen LogP contribution in [0.2, 0.25) is 0 Å². The first-order chi connectivity index (χ1) is 5.46. The highest BCUT2D eigenvalue weighted by Gasteiger charge is 2.10. The molecule has 0 saturated carbocycles. The summed E-state index contributed by atoms with van der Waals surface area (Å²) in [5.74, 6) is 0. The molecule has 12 heavy (non-hydrogen) atoms. The third-order valence-electron chi connectivity index (χ3n) is 1.87. The van der Waals surface area contributed by atoms with E-state index >= 15 is 0 Å². The summed E-state index contributed by atoms with van der Waals surface area (Å²) < 4.78 is 0. The Balaban J connectivity index is 3.60. The maximum absolute atomic E-state index is 4.37. The van der Waals surface area contributed by atoms with Gasteiger partial charge in [-0.05, 0) is 25.0 Å². The normalized spacial score (nSPS) is 10.5. The molecule has 0 heterocycles. The molecule has 0 bridgehead atoms. The molecule has 0 N–H and O–H groups in total. The highest BCUT2D eigenvalue weighted by Crippen LogP contribution is 2.36. The summed E-state index contributed by atoms with van der Waals surface area (Å²) in [5.41, 5.74) is 2.11. The molecule has 66 valence electrons. The molecule has 0 amide bonds. The number of rotatable bonds is 0. The van der Waals surface area contributed by atoms with Crippen LogP contribution in [0.1, 0.15) is 11.1 Å². The van der Waals surface area contributed by atoms with Gasteiger partial charge in [0.1, 0.15) is 0 Å². The van der Waals surface area contributed by atoms with Crippen molar-refractivity contribution in [2.75, 3.05) is 0 Å². The van der Waals surface area contributed by atoms with Gasteiger partial charge in [0.2, 0.25) is 0 Å². The van der Waals surface area contributed by atoms with Gasteiger partial charge in [-0.2, -0.15) is 0 Å². The molecule has 1 aromatic rings. The van der Waals surface area contributed by atoms with Crippen LogP contribution in [0.3, 0.4) is 0 Å². The fourth-order valence-corrected chi connectivity index (χ4v) is 2.24. The van der Waals surface area contributed by atoms with Crippen molar-refractivity contribution in [2.45, 2.75) is 33.4 Å². The fourth-order valence-electron chi connectivity index (χ4n) is 0.973. The second-order valence-electron chi connectivity index (χ2n) is 2.64. The minimum atomic E-state index is 0.828. The van der Waals surface area contributed by atoms with Crippen molar-refractivity contribution in [1.82, 2.24) is 0 Å². The molecule has 0 fully saturated rings. The Morgan fingerprint density at radius 2 is 0.917 bits per heavy atom. The number of thiol groups is 4. The number of hydrogen-bond donors (Lipinski definition) is 4. The quantitative estimate of drug-likeness (QED) is 0.486. The first kappa shape index (κ1) is 10.7. The lowest BCUT2D eigenvalue weighted by Crippen LogP contribution is -1.89. The predicted molar refractivity (Wildman–Crippen MR) is 64.9 cm³/mol. The van der Waals surface area contributed by atoms with Crippen LogP contribution in [0, 0.1) is 13.8 Å². The van der Waals surface area contributed by atoms with E-state index < -0.39 is 0 Å².